The molecule has 31 heavy (non-hydrogen) atoms. The standard InChI is InChI=1S/C21H13ClF3N3O2S/c22-13-3-1-12(2-4-13)20-11-19(21-17(24)9-14(23)10-18(21)25)27-28(20)15-5-7-16(8-6-15)31(26,29)30/h1-11H,(H2,26,29,30). The van der Waals surface area contributed by atoms with E-state index in [0.717, 1.165) is 0 Å². The third-order valence-electron chi connectivity index (χ3n) is 4.52. The van der Waals surface area contributed by atoms with Crippen LogP contribution in [0.4, 0.5) is 13.2 Å². The molecule has 0 saturated heterocycles. The van der Waals surface area contributed by atoms with E-state index in [-0.39, 0.29) is 10.6 Å². The minimum atomic E-state index is -3.90. The molecule has 0 radical (unpaired) electrons. The number of rotatable bonds is 4. The van der Waals surface area contributed by atoms with E-state index in [4.69, 9.17) is 16.7 Å². The molecule has 0 aliphatic rings. The lowest BCUT2D eigenvalue weighted by molar-refractivity contribution is 0.547. The molecule has 0 aliphatic heterocycles. The van der Waals surface area contributed by atoms with Gasteiger partial charge in [-0.25, -0.2) is 31.4 Å². The molecule has 5 nitrogen and oxygen atoms in total. The summed E-state index contributed by atoms with van der Waals surface area (Å²) in [5.41, 5.74) is 0.915. The first-order valence-electron chi connectivity index (χ1n) is 8.77. The zero-order chi connectivity index (χ0) is 22.3. The lowest BCUT2D eigenvalue weighted by Crippen LogP contribution is -2.12. The molecule has 0 amide bonds. The summed E-state index contributed by atoms with van der Waals surface area (Å²) in [6.45, 7) is 0. The normalized spacial score (nSPS) is 11.6. The van der Waals surface area contributed by atoms with E-state index in [0.29, 0.717) is 34.1 Å². The highest BCUT2D eigenvalue weighted by atomic mass is 35.5. The molecule has 1 aromatic heterocycles. The molecular weight excluding hydrogens is 451 g/mol. The van der Waals surface area contributed by atoms with E-state index in [2.05, 4.69) is 5.10 Å². The second-order valence-electron chi connectivity index (χ2n) is 6.62. The molecule has 4 aromatic rings. The van der Waals surface area contributed by atoms with Gasteiger partial charge in [0.05, 0.1) is 27.5 Å². The number of halogens is 4. The van der Waals surface area contributed by atoms with E-state index in [9.17, 15) is 21.6 Å². The van der Waals surface area contributed by atoms with E-state index in [1.165, 1.54) is 35.0 Å². The maximum atomic E-state index is 14.4. The van der Waals surface area contributed by atoms with Crippen molar-refractivity contribution in [2.24, 2.45) is 5.14 Å². The first-order chi connectivity index (χ1) is 14.6. The number of sulfonamides is 1. The highest BCUT2D eigenvalue weighted by Gasteiger charge is 2.20. The Morgan fingerprint density at radius 1 is 0.871 bits per heavy atom. The van der Waals surface area contributed by atoms with E-state index < -0.39 is 33.0 Å². The van der Waals surface area contributed by atoms with Crippen LogP contribution in [0.15, 0.2) is 71.6 Å². The van der Waals surface area contributed by atoms with Gasteiger partial charge >= 0.3 is 0 Å². The number of hydrogen-bond acceptors (Lipinski definition) is 3. The van der Waals surface area contributed by atoms with Crippen molar-refractivity contribution in [3.63, 3.8) is 0 Å². The Labute approximate surface area is 180 Å². The Bertz CT molecular complexity index is 1360. The summed E-state index contributed by atoms with van der Waals surface area (Å²) in [7, 11) is -3.90. The monoisotopic (exact) mass is 463 g/mol. The lowest BCUT2D eigenvalue weighted by atomic mass is 10.1. The third-order valence-corrected chi connectivity index (χ3v) is 5.70. The van der Waals surface area contributed by atoms with Gasteiger partial charge in [0.2, 0.25) is 10.0 Å². The molecule has 10 heteroatoms. The minimum Gasteiger partial charge on any atom is -0.232 e. The van der Waals surface area contributed by atoms with Gasteiger partial charge in [-0.05, 0) is 42.5 Å². The topological polar surface area (TPSA) is 78.0 Å². The van der Waals surface area contributed by atoms with Crippen LogP contribution in [0.2, 0.25) is 5.02 Å². The molecule has 0 unspecified atom stereocenters. The predicted octanol–water partition coefficient (Wildman–Crippen LogP) is 4.92. The molecule has 0 saturated carbocycles. The van der Waals surface area contributed by atoms with Crippen molar-refractivity contribution in [1.82, 2.24) is 9.78 Å². The maximum absolute atomic E-state index is 14.4. The summed E-state index contributed by atoms with van der Waals surface area (Å²) >= 11 is 5.95. The van der Waals surface area contributed by atoms with E-state index in [1.54, 1.807) is 24.3 Å². The fourth-order valence-corrected chi connectivity index (χ4v) is 3.73. The second-order valence-corrected chi connectivity index (χ2v) is 8.61. The van der Waals surface area contributed by atoms with Crippen LogP contribution >= 0.6 is 11.6 Å². The molecule has 158 valence electrons. The van der Waals surface area contributed by atoms with Gasteiger partial charge in [0.1, 0.15) is 17.5 Å². The van der Waals surface area contributed by atoms with Crippen LogP contribution < -0.4 is 5.14 Å². The highest BCUT2D eigenvalue weighted by molar-refractivity contribution is 7.89. The Kier molecular flexibility index (Phi) is 5.34. The van der Waals surface area contributed by atoms with E-state index in [1.807, 2.05) is 0 Å². The largest absolute Gasteiger partial charge is 0.238 e. The smallest absolute Gasteiger partial charge is 0.232 e. The van der Waals surface area contributed by atoms with Gasteiger partial charge in [-0.1, -0.05) is 23.7 Å². The van der Waals surface area contributed by atoms with Gasteiger partial charge < -0.3 is 0 Å². The summed E-state index contributed by atoms with van der Waals surface area (Å²) in [6, 6.07) is 14.7. The van der Waals surface area contributed by atoms with Gasteiger partial charge in [-0.2, -0.15) is 5.10 Å². The molecule has 0 spiro atoms. The van der Waals surface area contributed by atoms with Crippen LogP contribution in [0.25, 0.3) is 28.2 Å². The van der Waals surface area contributed by atoms with Gasteiger partial charge in [-0.15, -0.1) is 0 Å². The van der Waals surface area contributed by atoms with Crippen molar-refractivity contribution in [3.8, 4) is 28.2 Å². The quantitative estimate of drug-likeness (QED) is 0.466. The van der Waals surface area contributed by atoms with Crippen molar-refractivity contribution in [2.45, 2.75) is 4.90 Å². The summed E-state index contributed by atoms with van der Waals surface area (Å²) in [4.78, 5) is -0.104. The molecule has 1 heterocycles. The average molecular weight is 464 g/mol. The van der Waals surface area contributed by atoms with Crippen molar-refractivity contribution in [2.75, 3.05) is 0 Å². The van der Waals surface area contributed by atoms with Crippen molar-refractivity contribution >= 4 is 21.6 Å². The zero-order valence-electron chi connectivity index (χ0n) is 15.6. The Balaban J connectivity index is 1.93. The van der Waals surface area contributed by atoms with Gasteiger partial charge in [0, 0.05) is 22.7 Å². The summed E-state index contributed by atoms with van der Waals surface area (Å²) < 4.78 is 66.5. The molecule has 0 fully saturated rings. The van der Waals surface area contributed by atoms with Crippen molar-refractivity contribution in [3.05, 3.63) is 89.2 Å². The Hall–Kier alpha value is -3.14. The van der Waals surface area contributed by atoms with E-state index >= 15 is 0 Å². The summed E-state index contributed by atoms with van der Waals surface area (Å²) in [6.07, 6.45) is 0. The van der Waals surface area contributed by atoms with Crippen molar-refractivity contribution < 1.29 is 21.6 Å². The van der Waals surface area contributed by atoms with Crippen LogP contribution in [-0.2, 0) is 10.0 Å². The molecule has 0 aliphatic carbocycles. The Morgan fingerprint density at radius 2 is 1.45 bits per heavy atom. The highest BCUT2D eigenvalue weighted by Crippen LogP contribution is 2.32. The number of nitrogens with two attached hydrogens (primary N) is 1. The molecule has 3 aromatic carbocycles. The van der Waals surface area contributed by atoms with Crippen LogP contribution in [-0.4, -0.2) is 18.2 Å². The first-order valence-corrected chi connectivity index (χ1v) is 10.7. The summed E-state index contributed by atoms with van der Waals surface area (Å²) in [5.74, 6) is -3.25. The Morgan fingerprint density at radius 3 is 2.00 bits per heavy atom. The van der Waals surface area contributed by atoms with Gasteiger partial charge in [0.15, 0.2) is 0 Å². The third kappa shape index (κ3) is 4.20. The first kappa shape index (κ1) is 21.1. The molecule has 0 atom stereocenters. The van der Waals surface area contributed by atoms with Crippen LogP contribution in [0.3, 0.4) is 0 Å². The van der Waals surface area contributed by atoms with Crippen LogP contribution in [0.1, 0.15) is 0 Å². The number of aromatic nitrogens is 2. The zero-order valence-corrected chi connectivity index (χ0v) is 17.1. The number of nitrogens with zero attached hydrogens (tertiary/aromatic N) is 2. The number of primary sulfonamides is 1. The van der Waals surface area contributed by atoms with Crippen LogP contribution in [0.5, 0.6) is 0 Å². The molecule has 4 rings (SSSR count). The maximum Gasteiger partial charge on any atom is 0.238 e. The SMILES string of the molecule is NS(=O)(=O)c1ccc(-n2nc(-c3c(F)cc(F)cc3F)cc2-c2ccc(Cl)cc2)cc1. The molecule has 2 N–H and O–H groups in total. The second kappa shape index (κ2) is 7.84. The average Bonchev–Trinajstić information content (AvgIpc) is 3.12. The number of benzene rings is 3. The number of hydrogen-bond donors (Lipinski definition) is 1. The van der Waals surface area contributed by atoms with Gasteiger partial charge in [0.25, 0.3) is 0 Å². The fourth-order valence-electron chi connectivity index (χ4n) is 3.09. The van der Waals surface area contributed by atoms with Crippen molar-refractivity contribution in [1.29, 1.82) is 0 Å². The van der Waals surface area contributed by atoms with Crippen LogP contribution in [0, 0.1) is 17.5 Å². The molecular formula is C21H13ClF3N3O2S. The lowest BCUT2D eigenvalue weighted by Gasteiger charge is -2.08. The van der Waals surface area contributed by atoms with Gasteiger partial charge in [-0.3, -0.25) is 0 Å². The summed E-state index contributed by atoms with van der Waals surface area (Å²) in [5, 5.41) is 9.91. The predicted molar refractivity (Wildman–Crippen MR) is 111 cm³/mol. The molecule has 0 bridgehead atoms. The fraction of sp³-hybridized carbons (Fsp3) is 0. The minimum absolute atomic E-state index is 0.0736.